The molecule has 44 heavy (non-hydrogen) atoms. The van der Waals surface area contributed by atoms with Gasteiger partial charge in [0.2, 0.25) is 12.0 Å². The van der Waals surface area contributed by atoms with E-state index >= 15 is 0 Å². The van der Waals surface area contributed by atoms with Crippen molar-refractivity contribution in [1.29, 1.82) is 0 Å². The molecule has 2 atom stereocenters. The van der Waals surface area contributed by atoms with Gasteiger partial charge in [-0.15, -0.1) is 24.9 Å². The van der Waals surface area contributed by atoms with Crippen molar-refractivity contribution in [2.45, 2.75) is 57.9 Å². The van der Waals surface area contributed by atoms with Gasteiger partial charge >= 0.3 is 11.9 Å². The Bertz CT molecular complexity index is 1360. The van der Waals surface area contributed by atoms with Crippen LogP contribution in [0.4, 0.5) is 0 Å². The number of hydrogen-bond acceptors (Lipinski definition) is 8. The average molecular weight is 624 g/mol. The van der Waals surface area contributed by atoms with Crippen LogP contribution in [0.5, 0.6) is 5.75 Å². The van der Waals surface area contributed by atoms with Gasteiger partial charge in [-0.2, -0.15) is 0 Å². The molecule has 3 amide bonds. The standard InChI is InChI=1S/C33H41N3O7S/c1-8-18-34-29(39)20-36(21-44-33(6,7)9-2)32(41)30(43-24(5)38)27(19-25-14-11-10-12-15-25)35-31(40)26-16-13-17-28(22(26)3)42-23(4)37/h8-17,27,30H,1-2,18-21H2,3-7H3,(H,34,39)(H,35,40)/t27?,30-/m0/s1. The van der Waals surface area contributed by atoms with Gasteiger partial charge in [0.25, 0.3) is 11.8 Å². The van der Waals surface area contributed by atoms with Crippen LogP contribution in [0.1, 0.15) is 49.2 Å². The third kappa shape index (κ3) is 11.4. The predicted octanol–water partition coefficient (Wildman–Crippen LogP) is 3.98. The number of carbonyl (C=O) groups is 5. The molecule has 2 aromatic rings. The van der Waals surface area contributed by atoms with Crippen molar-refractivity contribution in [3.63, 3.8) is 0 Å². The van der Waals surface area contributed by atoms with Crippen LogP contribution < -0.4 is 15.4 Å². The molecule has 0 saturated heterocycles. The summed E-state index contributed by atoms with van der Waals surface area (Å²) < 4.78 is 10.4. The first kappa shape index (κ1) is 35.8. The highest BCUT2D eigenvalue weighted by molar-refractivity contribution is 8.00. The summed E-state index contributed by atoms with van der Waals surface area (Å²) in [7, 11) is 0. The fourth-order valence-corrected chi connectivity index (χ4v) is 4.87. The van der Waals surface area contributed by atoms with E-state index in [1.165, 1.54) is 36.6 Å². The number of rotatable bonds is 16. The summed E-state index contributed by atoms with van der Waals surface area (Å²) in [5.41, 5.74) is 1.39. The number of ether oxygens (including phenoxy) is 2. The molecule has 0 aromatic heterocycles. The van der Waals surface area contributed by atoms with Crippen molar-refractivity contribution in [3.8, 4) is 5.75 Å². The Morgan fingerprint density at radius 3 is 2.27 bits per heavy atom. The van der Waals surface area contributed by atoms with E-state index in [2.05, 4.69) is 23.8 Å². The van der Waals surface area contributed by atoms with E-state index in [9.17, 15) is 24.0 Å². The maximum absolute atomic E-state index is 14.2. The molecule has 10 nitrogen and oxygen atoms in total. The van der Waals surface area contributed by atoms with Crippen molar-refractivity contribution in [2.24, 2.45) is 0 Å². The molecule has 0 radical (unpaired) electrons. The molecule has 2 N–H and O–H groups in total. The van der Waals surface area contributed by atoms with Gasteiger partial charge in [0.05, 0.1) is 11.9 Å². The number of amides is 3. The Hall–Kier alpha value is -4.38. The Labute approximate surface area is 263 Å². The lowest BCUT2D eigenvalue weighted by Gasteiger charge is -2.33. The van der Waals surface area contributed by atoms with Crippen LogP contribution in [-0.4, -0.2) is 70.4 Å². The molecule has 236 valence electrons. The maximum Gasteiger partial charge on any atom is 0.308 e. The number of thioether (sulfide) groups is 1. The van der Waals surface area contributed by atoms with Gasteiger partial charge in [-0.05, 0) is 44.9 Å². The number of hydrogen-bond donors (Lipinski definition) is 2. The topological polar surface area (TPSA) is 131 Å². The summed E-state index contributed by atoms with van der Waals surface area (Å²) >= 11 is 1.37. The highest BCUT2D eigenvalue weighted by Crippen LogP contribution is 2.27. The van der Waals surface area contributed by atoms with Crippen LogP contribution in [-0.2, 0) is 30.3 Å². The van der Waals surface area contributed by atoms with E-state index in [1.54, 1.807) is 31.2 Å². The summed E-state index contributed by atoms with van der Waals surface area (Å²) in [4.78, 5) is 65.8. The molecular formula is C33H41N3O7S. The number of carbonyl (C=O) groups excluding carboxylic acids is 5. The number of benzene rings is 2. The molecule has 2 rings (SSSR count). The number of esters is 2. The van der Waals surface area contributed by atoms with E-state index in [1.807, 2.05) is 44.2 Å². The maximum atomic E-state index is 14.2. The zero-order valence-corrected chi connectivity index (χ0v) is 26.7. The minimum absolute atomic E-state index is 0.0761. The molecule has 0 heterocycles. The molecule has 0 aliphatic rings. The van der Waals surface area contributed by atoms with E-state index in [-0.39, 0.29) is 36.7 Å². The normalized spacial score (nSPS) is 12.2. The van der Waals surface area contributed by atoms with Gasteiger partial charge in [0, 0.05) is 36.3 Å². The first-order valence-corrected chi connectivity index (χ1v) is 15.0. The van der Waals surface area contributed by atoms with Crippen molar-refractivity contribution in [3.05, 3.63) is 90.5 Å². The minimum atomic E-state index is -1.48. The van der Waals surface area contributed by atoms with Crippen molar-refractivity contribution in [2.75, 3.05) is 19.0 Å². The second-order valence-electron chi connectivity index (χ2n) is 10.5. The molecular weight excluding hydrogens is 582 g/mol. The molecule has 11 heteroatoms. The van der Waals surface area contributed by atoms with Crippen molar-refractivity contribution >= 4 is 41.4 Å². The number of nitrogens with zero attached hydrogens (tertiary/aromatic N) is 1. The van der Waals surface area contributed by atoms with Crippen LogP contribution in [0.15, 0.2) is 73.8 Å². The third-order valence-corrected chi connectivity index (χ3v) is 7.82. The first-order chi connectivity index (χ1) is 20.8. The van der Waals surface area contributed by atoms with Crippen LogP contribution >= 0.6 is 11.8 Å². The van der Waals surface area contributed by atoms with Crippen molar-refractivity contribution in [1.82, 2.24) is 15.5 Å². The Morgan fingerprint density at radius 2 is 1.68 bits per heavy atom. The lowest BCUT2D eigenvalue weighted by Crippen LogP contribution is -2.55. The summed E-state index contributed by atoms with van der Waals surface area (Å²) in [6, 6.07) is 12.8. The van der Waals surface area contributed by atoms with Gasteiger partial charge < -0.3 is 25.0 Å². The molecule has 0 aliphatic carbocycles. The van der Waals surface area contributed by atoms with Gasteiger partial charge in [-0.25, -0.2) is 0 Å². The van der Waals surface area contributed by atoms with E-state index < -0.39 is 46.6 Å². The fraction of sp³-hybridized carbons (Fsp3) is 0.364. The van der Waals surface area contributed by atoms with E-state index in [0.29, 0.717) is 5.56 Å². The Balaban J connectivity index is 2.54. The fourth-order valence-electron chi connectivity index (χ4n) is 4.04. The quantitative estimate of drug-likeness (QED) is 0.124. The largest absolute Gasteiger partial charge is 0.450 e. The molecule has 2 aromatic carbocycles. The van der Waals surface area contributed by atoms with Gasteiger partial charge in [-0.3, -0.25) is 24.0 Å². The first-order valence-electron chi connectivity index (χ1n) is 14.0. The summed E-state index contributed by atoms with van der Waals surface area (Å²) in [5, 5.41) is 5.54. The SMILES string of the molecule is C=CCNC(=O)CN(CSC(C)(C)C=C)C(=O)[C@@H](OC(C)=O)C(Cc1ccccc1)NC(=O)c1cccc(OC(C)=O)c1C. The van der Waals surface area contributed by atoms with Crippen LogP contribution in [0.3, 0.4) is 0 Å². The van der Waals surface area contributed by atoms with Crippen LogP contribution in [0.2, 0.25) is 0 Å². The summed E-state index contributed by atoms with van der Waals surface area (Å²) in [5.74, 6) is -2.64. The molecule has 0 bridgehead atoms. The van der Waals surface area contributed by atoms with Crippen LogP contribution in [0, 0.1) is 6.92 Å². The van der Waals surface area contributed by atoms with Gasteiger partial charge in [-0.1, -0.05) is 48.6 Å². The third-order valence-electron chi connectivity index (χ3n) is 6.47. The molecule has 1 unspecified atom stereocenters. The predicted molar refractivity (Wildman–Crippen MR) is 171 cm³/mol. The average Bonchev–Trinajstić information content (AvgIpc) is 2.97. The lowest BCUT2D eigenvalue weighted by atomic mass is 9.98. The minimum Gasteiger partial charge on any atom is -0.450 e. The second-order valence-corrected chi connectivity index (χ2v) is 12.1. The molecule has 0 fully saturated rings. The Morgan fingerprint density at radius 1 is 1.00 bits per heavy atom. The van der Waals surface area contributed by atoms with Crippen LogP contribution in [0.25, 0.3) is 0 Å². The zero-order chi connectivity index (χ0) is 32.9. The summed E-state index contributed by atoms with van der Waals surface area (Å²) in [6.45, 7) is 15.2. The second kappa shape index (κ2) is 17.0. The van der Waals surface area contributed by atoms with Gasteiger partial charge in [0.1, 0.15) is 12.3 Å². The van der Waals surface area contributed by atoms with E-state index in [4.69, 9.17) is 9.47 Å². The van der Waals surface area contributed by atoms with Crippen molar-refractivity contribution < 1.29 is 33.4 Å². The summed E-state index contributed by atoms with van der Waals surface area (Å²) in [6.07, 6.45) is 1.89. The molecule has 0 aliphatic heterocycles. The molecule has 0 saturated carbocycles. The highest BCUT2D eigenvalue weighted by atomic mass is 32.2. The number of nitrogens with one attached hydrogen (secondary N) is 2. The van der Waals surface area contributed by atoms with E-state index in [0.717, 1.165) is 5.56 Å². The lowest BCUT2D eigenvalue weighted by molar-refractivity contribution is -0.160. The smallest absolute Gasteiger partial charge is 0.308 e. The Kier molecular flexibility index (Phi) is 13.9. The zero-order valence-electron chi connectivity index (χ0n) is 25.9. The molecule has 0 spiro atoms. The highest BCUT2D eigenvalue weighted by Gasteiger charge is 2.37. The monoisotopic (exact) mass is 623 g/mol. The van der Waals surface area contributed by atoms with Gasteiger partial charge in [0.15, 0.2) is 0 Å².